The van der Waals surface area contributed by atoms with Crippen LogP contribution in [0.3, 0.4) is 0 Å². The summed E-state index contributed by atoms with van der Waals surface area (Å²) in [4.78, 5) is 3.11. The molecule has 2 rings (SSSR count). The Morgan fingerprint density at radius 2 is 2.15 bits per heavy atom. The molecule has 2 nitrogen and oxygen atoms in total. The second-order valence-corrected chi connectivity index (χ2v) is 6.97. The van der Waals surface area contributed by atoms with Crippen LogP contribution in [0.2, 0.25) is 0 Å². The zero-order chi connectivity index (χ0) is 14.7. The third-order valence-electron chi connectivity index (χ3n) is 3.00. The molecular weight excluding hydrogens is 339 g/mol. The molecule has 1 heterocycles. The van der Waals surface area contributed by atoms with Gasteiger partial charge >= 0.3 is 0 Å². The van der Waals surface area contributed by atoms with E-state index in [9.17, 15) is 4.39 Å². The van der Waals surface area contributed by atoms with Gasteiger partial charge in [0.2, 0.25) is 0 Å². The van der Waals surface area contributed by atoms with E-state index in [1.807, 2.05) is 36.4 Å². The van der Waals surface area contributed by atoms with Crippen LogP contribution in [-0.2, 0) is 13.0 Å². The summed E-state index contributed by atoms with van der Waals surface area (Å²) in [5, 5.41) is 2.03. The maximum Gasteiger partial charge on any atom is 0.146 e. The maximum atomic E-state index is 14.2. The van der Waals surface area contributed by atoms with Gasteiger partial charge in [-0.3, -0.25) is 0 Å². The van der Waals surface area contributed by atoms with E-state index in [1.54, 1.807) is 17.4 Å². The van der Waals surface area contributed by atoms with Crippen molar-refractivity contribution in [2.45, 2.75) is 25.9 Å². The van der Waals surface area contributed by atoms with Crippen molar-refractivity contribution in [2.24, 2.45) is 5.73 Å². The van der Waals surface area contributed by atoms with Crippen LogP contribution in [0.4, 0.5) is 10.1 Å². The fraction of sp³-hybridized carbons (Fsp3) is 0.333. The van der Waals surface area contributed by atoms with Gasteiger partial charge in [-0.15, -0.1) is 11.3 Å². The molecule has 0 spiro atoms. The summed E-state index contributed by atoms with van der Waals surface area (Å²) in [5.41, 5.74) is 7.29. The van der Waals surface area contributed by atoms with Gasteiger partial charge in [0.05, 0.1) is 12.2 Å². The summed E-state index contributed by atoms with van der Waals surface area (Å²) in [7, 11) is 1.90. The van der Waals surface area contributed by atoms with Crippen molar-refractivity contribution in [1.29, 1.82) is 0 Å². The fourth-order valence-electron chi connectivity index (χ4n) is 2.11. The molecule has 2 N–H and O–H groups in total. The van der Waals surface area contributed by atoms with Crippen molar-refractivity contribution in [2.75, 3.05) is 11.9 Å². The highest BCUT2D eigenvalue weighted by Gasteiger charge is 2.10. The summed E-state index contributed by atoms with van der Waals surface area (Å²) in [5.74, 6) is -0.193. The first kappa shape index (κ1) is 15.5. The van der Waals surface area contributed by atoms with Gasteiger partial charge < -0.3 is 10.6 Å². The Balaban J connectivity index is 2.11. The van der Waals surface area contributed by atoms with E-state index < -0.39 is 0 Å². The van der Waals surface area contributed by atoms with E-state index in [2.05, 4.69) is 22.0 Å². The minimum atomic E-state index is -0.193. The molecule has 0 aliphatic carbocycles. The lowest BCUT2D eigenvalue weighted by Gasteiger charge is -2.20. The number of benzene rings is 1. The SMILES string of the molecule is CC(N)Cc1ccc(N(C)Cc2cc(Br)cs2)c(F)c1. The van der Waals surface area contributed by atoms with E-state index in [0.29, 0.717) is 18.7 Å². The van der Waals surface area contributed by atoms with E-state index in [0.717, 1.165) is 10.0 Å². The Morgan fingerprint density at radius 1 is 1.40 bits per heavy atom. The quantitative estimate of drug-likeness (QED) is 0.870. The molecule has 1 aromatic heterocycles. The molecule has 0 aliphatic rings. The highest BCUT2D eigenvalue weighted by atomic mass is 79.9. The van der Waals surface area contributed by atoms with Gasteiger partial charge in [0.15, 0.2) is 0 Å². The lowest BCUT2D eigenvalue weighted by Crippen LogP contribution is -2.19. The van der Waals surface area contributed by atoms with Crippen LogP contribution in [0.15, 0.2) is 34.1 Å². The van der Waals surface area contributed by atoms with E-state index in [4.69, 9.17) is 5.73 Å². The molecule has 20 heavy (non-hydrogen) atoms. The van der Waals surface area contributed by atoms with Gasteiger partial charge in [0.25, 0.3) is 0 Å². The summed E-state index contributed by atoms with van der Waals surface area (Å²) < 4.78 is 15.2. The molecule has 0 radical (unpaired) electrons. The number of halogens is 2. The molecule has 108 valence electrons. The van der Waals surface area contributed by atoms with Gasteiger partial charge in [0, 0.05) is 27.8 Å². The Kier molecular flexibility index (Phi) is 5.18. The van der Waals surface area contributed by atoms with Crippen LogP contribution in [0.25, 0.3) is 0 Å². The van der Waals surface area contributed by atoms with Gasteiger partial charge in [-0.25, -0.2) is 4.39 Å². The van der Waals surface area contributed by atoms with Crippen LogP contribution in [0, 0.1) is 5.82 Å². The first-order chi connectivity index (χ1) is 9.45. The van der Waals surface area contributed by atoms with Crippen LogP contribution in [0.1, 0.15) is 17.4 Å². The lowest BCUT2D eigenvalue weighted by atomic mass is 10.1. The average molecular weight is 357 g/mol. The summed E-state index contributed by atoms with van der Waals surface area (Å²) >= 11 is 5.09. The van der Waals surface area contributed by atoms with Crippen molar-refractivity contribution in [3.8, 4) is 0 Å². The normalized spacial score (nSPS) is 12.4. The average Bonchev–Trinajstić information content (AvgIpc) is 2.73. The Morgan fingerprint density at radius 3 is 2.70 bits per heavy atom. The van der Waals surface area contributed by atoms with Gasteiger partial charge in [-0.2, -0.15) is 0 Å². The van der Waals surface area contributed by atoms with Crippen LogP contribution in [0.5, 0.6) is 0 Å². The number of hydrogen-bond acceptors (Lipinski definition) is 3. The molecule has 0 fully saturated rings. The fourth-order valence-corrected chi connectivity index (χ4v) is 3.62. The number of anilines is 1. The van der Waals surface area contributed by atoms with Crippen molar-refractivity contribution >= 4 is 33.0 Å². The standard InChI is InChI=1S/C15H18BrFN2S/c1-10(18)5-11-3-4-15(14(17)6-11)19(2)8-13-7-12(16)9-20-13/h3-4,6-7,9-10H,5,8,18H2,1-2H3. The third kappa shape index (κ3) is 4.04. The summed E-state index contributed by atoms with van der Waals surface area (Å²) in [6, 6.07) is 7.46. The van der Waals surface area contributed by atoms with Gasteiger partial charge in [-0.05, 0) is 53.0 Å². The largest absolute Gasteiger partial charge is 0.367 e. The first-order valence-corrected chi connectivity index (χ1v) is 8.11. The van der Waals surface area contributed by atoms with Crippen LogP contribution >= 0.6 is 27.3 Å². The minimum absolute atomic E-state index is 0.0430. The molecule has 1 atom stereocenters. The molecule has 0 saturated heterocycles. The van der Waals surface area contributed by atoms with Crippen molar-refractivity contribution in [1.82, 2.24) is 0 Å². The first-order valence-electron chi connectivity index (χ1n) is 6.43. The highest BCUT2D eigenvalue weighted by molar-refractivity contribution is 9.10. The molecule has 2 aromatic rings. The van der Waals surface area contributed by atoms with E-state index >= 15 is 0 Å². The highest BCUT2D eigenvalue weighted by Crippen LogP contribution is 2.25. The predicted octanol–water partition coefficient (Wildman–Crippen LogP) is 4.18. The number of hydrogen-bond donors (Lipinski definition) is 1. The van der Waals surface area contributed by atoms with Gasteiger partial charge in [-0.1, -0.05) is 6.07 Å². The molecule has 1 aromatic carbocycles. The van der Waals surface area contributed by atoms with Crippen LogP contribution in [-0.4, -0.2) is 13.1 Å². The summed E-state index contributed by atoms with van der Waals surface area (Å²) in [6.07, 6.45) is 0.693. The predicted molar refractivity (Wildman–Crippen MR) is 87.9 cm³/mol. The Labute approximate surface area is 131 Å². The second kappa shape index (κ2) is 6.70. The molecule has 5 heteroatoms. The monoisotopic (exact) mass is 356 g/mol. The zero-order valence-electron chi connectivity index (χ0n) is 11.6. The van der Waals surface area contributed by atoms with Crippen LogP contribution < -0.4 is 10.6 Å². The second-order valence-electron chi connectivity index (χ2n) is 5.05. The van der Waals surface area contributed by atoms with E-state index in [-0.39, 0.29) is 11.9 Å². The summed E-state index contributed by atoms with van der Waals surface area (Å²) in [6.45, 7) is 2.62. The number of thiophene rings is 1. The third-order valence-corrected chi connectivity index (χ3v) is 4.68. The lowest BCUT2D eigenvalue weighted by molar-refractivity contribution is 0.617. The van der Waals surface area contributed by atoms with Crippen molar-refractivity contribution in [3.05, 3.63) is 50.4 Å². The number of nitrogens with zero attached hydrogens (tertiary/aromatic N) is 1. The van der Waals surface area contributed by atoms with Gasteiger partial charge in [0.1, 0.15) is 5.82 Å². The zero-order valence-corrected chi connectivity index (χ0v) is 14.0. The number of nitrogens with two attached hydrogens (primary N) is 1. The topological polar surface area (TPSA) is 29.3 Å². The number of rotatable bonds is 5. The Bertz CT molecular complexity index is 583. The molecule has 0 aliphatic heterocycles. The van der Waals surface area contributed by atoms with E-state index in [1.165, 1.54) is 4.88 Å². The molecular formula is C15H18BrFN2S. The maximum absolute atomic E-state index is 14.2. The molecule has 1 unspecified atom stereocenters. The Hall–Kier alpha value is -0.910. The molecule has 0 amide bonds. The molecule has 0 saturated carbocycles. The molecule has 0 bridgehead atoms. The van der Waals surface area contributed by atoms with Crippen molar-refractivity contribution < 1.29 is 4.39 Å². The smallest absolute Gasteiger partial charge is 0.146 e. The minimum Gasteiger partial charge on any atom is -0.367 e. The van der Waals surface area contributed by atoms with Crippen molar-refractivity contribution in [3.63, 3.8) is 0 Å².